The smallest absolute Gasteiger partial charge is 0.255 e. The molecule has 0 aliphatic carbocycles. The molecule has 2 heterocycles. The molecule has 0 bridgehead atoms. The number of amides is 3. The van der Waals surface area contributed by atoms with Crippen LogP contribution in [0.15, 0.2) is 61.2 Å². The molecular weight excluding hydrogens is 363 g/mol. The normalized spacial score (nSPS) is 13.8. The molecule has 0 atom stereocenters. The van der Waals surface area contributed by atoms with Crippen LogP contribution in [0.2, 0.25) is 0 Å². The summed E-state index contributed by atoms with van der Waals surface area (Å²) in [5.41, 5.74) is 1.38. The maximum atomic E-state index is 14.3. The third kappa shape index (κ3) is 3.27. The van der Waals surface area contributed by atoms with Crippen LogP contribution in [0.4, 0.5) is 15.8 Å². The lowest BCUT2D eigenvalue weighted by Crippen LogP contribution is -2.28. The predicted molar refractivity (Wildman–Crippen MR) is 99.6 cm³/mol. The fraction of sp³-hybridized carbons (Fsp3) is 0.100. The Hall–Kier alpha value is -3.81. The lowest BCUT2D eigenvalue weighted by atomic mass is 10.1. The zero-order valence-electron chi connectivity index (χ0n) is 14.6. The van der Waals surface area contributed by atoms with E-state index in [-0.39, 0.29) is 24.7 Å². The molecule has 140 valence electrons. The molecule has 1 aliphatic heterocycles. The quantitative estimate of drug-likeness (QED) is 0.708. The van der Waals surface area contributed by atoms with Crippen LogP contribution in [0.5, 0.6) is 0 Å². The Balaban J connectivity index is 1.49. The Morgan fingerprint density at radius 1 is 1.04 bits per heavy atom. The average molecular weight is 378 g/mol. The minimum absolute atomic E-state index is 0.196. The van der Waals surface area contributed by atoms with Gasteiger partial charge in [0.15, 0.2) is 0 Å². The second-order valence-corrected chi connectivity index (χ2v) is 6.26. The summed E-state index contributed by atoms with van der Waals surface area (Å²) in [5, 5.41) is 2.63. The third-order valence-electron chi connectivity index (χ3n) is 4.43. The van der Waals surface area contributed by atoms with Crippen LogP contribution in [0.3, 0.4) is 0 Å². The van der Waals surface area contributed by atoms with Crippen LogP contribution in [0, 0.1) is 5.82 Å². The highest BCUT2D eigenvalue weighted by atomic mass is 19.1. The molecule has 1 aliphatic rings. The first kappa shape index (κ1) is 17.6. The van der Waals surface area contributed by atoms with Gasteiger partial charge in [-0.05, 0) is 42.5 Å². The number of hydrogen-bond donors (Lipinski definition) is 1. The highest BCUT2D eigenvalue weighted by Crippen LogP contribution is 2.23. The molecule has 7 nitrogen and oxygen atoms in total. The van der Waals surface area contributed by atoms with Crippen molar-refractivity contribution in [2.75, 3.05) is 10.2 Å². The summed E-state index contributed by atoms with van der Waals surface area (Å²) in [7, 11) is 0. The number of anilines is 2. The molecule has 0 unspecified atom stereocenters. The lowest BCUT2D eigenvalue weighted by Gasteiger charge is -2.14. The maximum absolute atomic E-state index is 14.3. The number of halogens is 1. The first-order valence-electron chi connectivity index (χ1n) is 8.58. The number of nitrogens with zero attached hydrogens (tertiary/aromatic N) is 3. The Labute approximate surface area is 159 Å². The number of nitrogens with one attached hydrogen (secondary N) is 1. The Kier molecular flexibility index (Phi) is 4.44. The largest absolute Gasteiger partial charge is 0.322 e. The average Bonchev–Trinajstić information content (AvgIpc) is 3.32. The molecule has 0 spiro atoms. The summed E-state index contributed by atoms with van der Waals surface area (Å²) >= 11 is 0. The molecule has 3 aromatic rings. The molecule has 8 heteroatoms. The van der Waals surface area contributed by atoms with Gasteiger partial charge in [-0.25, -0.2) is 9.37 Å². The SMILES string of the molecule is O=C(Nc1ccc(-n2ccnc2)c(F)c1)c1ccc(N2C(=O)CCC2=O)cc1. The fourth-order valence-corrected chi connectivity index (χ4v) is 3.03. The summed E-state index contributed by atoms with van der Waals surface area (Å²) in [6, 6.07) is 10.5. The van der Waals surface area contributed by atoms with Crippen molar-refractivity contribution in [3.8, 4) is 5.69 Å². The van der Waals surface area contributed by atoms with Gasteiger partial charge in [0.05, 0.1) is 17.7 Å². The number of imide groups is 1. The number of imidazole rings is 1. The summed E-state index contributed by atoms with van der Waals surface area (Å²) in [4.78, 5) is 40.9. The second-order valence-electron chi connectivity index (χ2n) is 6.26. The number of hydrogen-bond acceptors (Lipinski definition) is 4. The molecule has 1 fully saturated rings. The molecule has 1 aromatic heterocycles. The molecular formula is C20H15FN4O3. The second kappa shape index (κ2) is 7.07. The van der Waals surface area contributed by atoms with E-state index in [0.717, 1.165) is 4.90 Å². The molecule has 1 saturated heterocycles. The van der Waals surface area contributed by atoms with Crippen LogP contribution in [0.1, 0.15) is 23.2 Å². The van der Waals surface area contributed by atoms with Crippen molar-refractivity contribution in [3.63, 3.8) is 0 Å². The van der Waals surface area contributed by atoms with Gasteiger partial charge in [-0.1, -0.05) is 0 Å². The Morgan fingerprint density at radius 3 is 2.36 bits per heavy atom. The highest BCUT2D eigenvalue weighted by Gasteiger charge is 2.30. The summed E-state index contributed by atoms with van der Waals surface area (Å²) in [5.74, 6) is -1.44. The van der Waals surface area contributed by atoms with Crippen molar-refractivity contribution in [1.29, 1.82) is 0 Å². The third-order valence-corrected chi connectivity index (χ3v) is 4.43. The van der Waals surface area contributed by atoms with Crippen LogP contribution in [-0.2, 0) is 9.59 Å². The van der Waals surface area contributed by atoms with Crippen molar-refractivity contribution in [3.05, 3.63) is 72.6 Å². The summed E-state index contributed by atoms with van der Waals surface area (Å²) in [6.07, 6.45) is 5.04. The van der Waals surface area contributed by atoms with E-state index in [9.17, 15) is 18.8 Å². The standard InChI is InChI=1S/C20H15FN4O3/c21-16-11-14(3-6-17(16)24-10-9-22-12-24)23-20(28)13-1-4-15(5-2-13)25-18(26)7-8-19(25)27/h1-6,9-12H,7-8H2,(H,23,28). The Bertz CT molecular complexity index is 1050. The molecule has 28 heavy (non-hydrogen) atoms. The van der Waals surface area contributed by atoms with Crippen molar-refractivity contribution < 1.29 is 18.8 Å². The minimum atomic E-state index is -0.503. The van der Waals surface area contributed by atoms with Crippen LogP contribution >= 0.6 is 0 Å². The number of carbonyl (C=O) groups is 3. The number of carbonyl (C=O) groups excluding carboxylic acids is 3. The van der Waals surface area contributed by atoms with E-state index < -0.39 is 11.7 Å². The zero-order chi connectivity index (χ0) is 19.7. The van der Waals surface area contributed by atoms with Crippen molar-refractivity contribution in [1.82, 2.24) is 9.55 Å². The van der Waals surface area contributed by atoms with Crippen LogP contribution in [0.25, 0.3) is 5.69 Å². The summed E-state index contributed by atoms with van der Waals surface area (Å²) < 4.78 is 15.8. The van der Waals surface area contributed by atoms with E-state index in [1.807, 2.05) is 0 Å². The lowest BCUT2D eigenvalue weighted by molar-refractivity contribution is -0.121. The van der Waals surface area contributed by atoms with Crippen molar-refractivity contribution in [2.24, 2.45) is 0 Å². The minimum Gasteiger partial charge on any atom is -0.322 e. The molecule has 0 radical (unpaired) electrons. The zero-order valence-corrected chi connectivity index (χ0v) is 14.6. The van der Waals surface area contributed by atoms with E-state index in [1.165, 1.54) is 29.1 Å². The van der Waals surface area contributed by atoms with Gasteiger partial charge in [-0.15, -0.1) is 0 Å². The first-order valence-corrected chi connectivity index (χ1v) is 8.58. The van der Waals surface area contributed by atoms with Crippen molar-refractivity contribution in [2.45, 2.75) is 12.8 Å². The topological polar surface area (TPSA) is 84.3 Å². The first-order chi connectivity index (χ1) is 13.5. The van der Waals surface area contributed by atoms with Gasteiger partial charge in [0.1, 0.15) is 5.82 Å². The van der Waals surface area contributed by atoms with Crippen molar-refractivity contribution >= 4 is 29.1 Å². The number of aromatic nitrogens is 2. The predicted octanol–water partition coefficient (Wildman–Crippen LogP) is 2.92. The van der Waals surface area contributed by atoms with Gasteiger partial charge in [-0.3, -0.25) is 19.3 Å². The number of benzene rings is 2. The molecule has 0 saturated carbocycles. The van der Waals surface area contributed by atoms with E-state index in [2.05, 4.69) is 10.3 Å². The van der Waals surface area contributed by atoms with E-state index in [0.29, 0.717) is 22.6 Å². The molecule has 1 N–H and O–H groups in total. The summed E-state index contributed by atoms with van der Waals surface area (Å²) in [6.45, 7) is 0. The molecule has 2 aromatic carbocycles. The number of rotatable bonds is 4. The van der Waals surface area contributed by atoms with Gasteiger partial charge < -0.3 is 9.88 Å². The maximum Gasteiger partial charge on any atom is 0.255 e. The van der Waals surface area contributed by atoms with Crippen LogP contribution < -0.4 is 10.2 Å². The monoisotopic (exact) mass is 378 g/mol. The van der Waals surface area contributed by atoms with Gasteiger partial charge in [-0.2, -0.15) is 0 Å². The van der Waals surface area contributed by atoms with Gasteiger partial charge in [0, 0.05) is 36.5 Å². The van der Waals surface area contributed by atoms with Crippen LogP contribution in [-0.4, -0.2) is 27.3 Å². The van der Waals surface area contributed by atoms with E-state index in [4.69, 9.17) is 0 Å². The fourth-order valence-electron chi connectivity index (χ4n) is 3.03. The molecule has 3 amide bonds. The van der Waals surface area contributed by atoms with Gasteiger partial charge in [0.25, 0.3) is 5.91 Å². The van der Waals surface area contributed by atoms with E-state index >= 15 is 0 Å². The molecule has 4 rings (SSSR count). The van der Waals surface area contributed by atoms with Gasteiger partial charge >= 0.3 is 0 Å². The highest BCUT2D eigenvalue weighted by molar-refractivity contribution is 6.20. The Morgan fingerprint density at radius 2 is 1.75 bits per heavy atom. The van der Waals surface area contributed by atoms with Gasteiger partial charge in [0.2, 0.25) is 11.8 Å². The van der Waals surface area contributed by atoms with E-state index in [1.54, 1.807) is 36.7 Å².